The number of nitrogens with zero attached hydrogens (tertiary/aromatic N) is 1. The first-order chi connectivity index (χ1) is 12.3. The Morgan fingerprint density at radius 2 is 1.77 bits per heavy atom. The fraction of sp³-hybridized carbons (Fsp3) is 0.200. The molecule has 0 unspecified atom stereocenters. The lowest BCUT2D eigenvalue weighted by atomic mass is 10.0. The molecule has 1 aliphatic rings. The van der Waals surface area contributed by atoms with Crippen LogP contribution in [-0.4, -0.2) is 16.0 Å². The molecular weight excluding hydrogens is 389 g/mol. The van der Waals surface area contributed by atoms with Crippen LogP contribution in [0.25, 0.3) is 6.08 Å². The van der Waals surface area contributed by atoms with Crippen molar-refractivity contribution in [3.8, 4) is 0 Å². The van der Waals surface area contributed by atoms with Crippen LogP contribution < -0.4 is 0 Å². The third kappa shape index (κ3) is 4.14. The SMILES string of the molecule is CC(C)c1ccc(/C=C2/SC(=O)N(Cc3ccc(Cl)cc3Cl)C2=O)cc1. The van der Waals surface area contributed by atoms with Crippen LogP contribution in [0.1, 0.15) is 36.5 Å². The summed E-state index contributed by atoms with van der Waals surface area (Å²) in [5.74, 6) is 0.138. The molecule has 26 heavy (non-hydrogen) atoms. The number of hydrogen-bond acceptors (Lipinski definition) is 3. The van der Waals surface area contributed by atoms with E-state index < -0.39 is 0 Å². The first-order valence-electron chi connectivity index (χ1n) is 8.14. The molecule has 2 amide bonds. The van der Waals surface area contributed by atoms with Gasteiger partial charge in [0.2, 0.25) is 0 Å². The lowest BCUT2D eigenvalue weighted by molar-refractivity contribution is -0.123. The van der Waals surface area contributed by atoms with Crippen molar-refractivity contribution in [1.82, 2.24) is 4.90 Å². The maximum absolute atomic E-state index is 12.6. The lowest BCUT2D eigenvalue weighted by Gasteiger charge is -2.13. The molecule has 2 aromatic carbocycles. The molecule has 0 bridgehead atoms. The van der Waals surface area contributed by atoms with Gasteiger partial charge in [-0.1, -0.05) is 67.4 Å². The van der Waals surface area contributed by atoms with Crippen LogP contribution in [0.15, 0.2) is 47.4 Å². The zero-order valence-corrected chi connectivity index (χ0v) is 16.7. The standard InChI is InChI=1S/C20H17Cl2NO2S/c1-12(2)14-5-3-13(4-6-14)9-18-19(24)23(20(25)26-18)11-15-7-8-16(21)10-17(15)22/h3-10,12H,11H2,1-2H3/b18-9+. The highest BCUT2D eigenvalue weighted by Gasteiger charge is 2.35. The summed E-state index contributed by atoms with van der Waals surface area (Å²) in [5.41, 5.74) is 2.80. The van der Waals surface area contributed by atoms with Gasteiger partial charge in [0.1, 0.15) is 0 Å². The number of halogens is 2. The number of carbonyl (C=O) groups excluding carboxylic acids is 2. The van der Waals surface area contributed by atoms with Gasteiger partial charge in [0.15, 0.2) is 0 Å². The number of thioether (sulfide) groups is 1. The van der Waals surface area contributed by atoms with Gasteiger partial charge >= 0.3 is 0 Å². The normalized spacial score (nSPS) is 16.2. The fourth-order valence-corrected chi connectivity index (χ4v) is 3.89. The van der Waals surface area contributed by atoms with E-state index in [9.17, 15) is 9.59 Å². The van der Waals surface area contributed by atoms with Gasteiger partial charge in [-0.05, 0) is 52.6 Å². The van der Waals surface area contributed by atoms with E-state index in [1.807, 2.05) is 24.3 Å². The molecule has 3 rings (SSSR count). The van der Waals surface area contributed by atoms with Crippen molar-refractivity contribution in [2.45, 2.75) is 26.3 Å². The van der Waals surface area contributed by atoms with E-state index in [1.54, 1.807) is 24.3 Å². The molecule has 0 aliphatic carbocycles. The maximum Gasteiger partial charge on any atom is 0.293 e. The number of carbonyl (C=O) groups is 2. The predicted molar refractivity (Wildman–Crippen MR) is 109 cm³/mol. The molecule has 0 radical (unpaired) electrons. The summed E-state index contributed by atoms with van der Waals surface area (Å²) in [6.07, 6.45) is 1.75. The summed E-state index contributed by atoms with van der Waals surface area (Å²) in [6, 6.07) is 13.0. The Kier molecular flexibility index (Phi) is 5.76. The predicted octanol–water partition coefficient (Wildman–Crippen LogP) is 6.35. The van der Waals surface area contributed by atoms with Crippen molar-refractivity contribution in [3.63, 3.8) is 0 Å². The first kappa shape index (κ1) is 19.0. The third-order valence-corrected chi connectivity index (χ3v) is 5.61. The molecule has 3 nitrogen and oxygen atoms in total. The number of amides is 2. The lowest BCUT2D eigenvalue weighted by Crippen LogP contribution is -2.27. The van der Waals surface area contributed by atoms with Gasteiger partial charge in [-0.3, -0.25) is 14.5 Å². The van der Waals surface area contributed by atoms with E-state index in [1.165, 1.54) is 10.5 Å². The van der Waals surface area contributed by atoms with Crippen molar-refractivity contribution in [3.05, 3.63) is 74.1 Å². The first-order valence-corrected chi connectivity index (χ1v) is 9.71. The minimum Gasteiger partial charge on any atom is -0.268 e. The highest BCUT2D eigenvalue weighted by molar-refractivity contribution is 8.18. The Labute approximate surface area is 167 Å². The van der Waals surface area contributed by atoms with Crippen LogP contribution in [0.3, 0.4) is 0 Å². The maximum atomic E-state index is 12.6. The van der Waals surface area contributed by atoms with Gasteiger partial charge in [0.05, 0.1) is 11.4 Å². The molecule has 1 fully saturated rings. The van der Waals surface area contributed by atoms with Gasteiger partial charge in [0.25, 0.3) is 11.1 Å². The van der Waals surface area contributed by atoms with Crippen molar-refractivity contribution in [1.29, 1.82) is 0 Å². The van der Waals surface area contributed by atoms with E-state index in [0.717, 1.165) is 17.3 Å². The highest BCUT2D eigenvalue weighted by Crippen LogP contribution is 2.34. The molecular formula is C20H17Cl2NO2S. The van der Waals surface area contributed by atoms with Crippen LogP contribution in [0.5, 0.6) is 0 Å². The summed E-state index contributed by atoms with van der Waals surface area (Å²) in [5, 5.41) is 0.647. The van der Waals surface area contributed by atoms with E-state index >= 15 is 0 Å². The Morgan fingerprint density at radius 3 is 2.38 bits per heavy atom. The molecule has 0 atom stereocenters. The van der Waals surface area contributed by atoms with Gasteiger partial charge in [-0.15, -0.1) is 0 Å². The second-order valence-electron chi connectivity index (χ2n) is 6.32. The quantitative estimate of drug-likeness (QED) is 0.555. The molecule has 1 aliphatic heterocycles. The van der Waals surface area contributed by atoms with Crippen molar-refractivity contribution in [2.24, 2.45) is 0 Å². The minimum atomic E-state index is -0.307. The van der Waals surface area contributed by atoms with E-state index in [-0.39, 0.29) is 17.7 Å². The highest BCUT2D eigenvalue weighted by atomic mass is 35.5. The minimum absolute atomic E-state index is 0.129. The van der Waals surface area contributed by atoms with Gasteiger partial charge in [0, 0.05) is 10.0 Å². The van der Waals surface area contributed by atoms with Crippen LogP contribution in [0.2, 0.25) is 10.0 Å². The van der Waals surface area contributed by atoms with E-state index in [0.29, 0.717) is 26.4 Å². The smallest absolute Gasteiger partial charge is 0.268 e. The largest absolute Gasteiger partial charge is 0.293 e. The van der Waals surface area contributed by atoms with Crippen LogP contribution >= 0.6 is 35.0 Å². The van der Waals surface area contributed by atoms with Gasteiger partial charge in [-0.2, -0.15) is 0 Å². The molecule has 0 saturated carbocycles. The molecule has 1 saturated heterocycles. The average Bonchev–Trinajstić information content (AvgIpc) is 2.85. The van der Waals surface area contributed by atoms with Gasteiger partial charge < -0.3 is 0 Å². The Morgan fingerprint density at radius 1 is 1.08 bits per heavy atom. The van der Waals surface area contributed by atoms with E-state index in [2.05, 4.69) is 13.8 Å². The van der Waals surface area contributed by atoms with Gasteiger partial charge in [-0.25, -0.2) is 0 Å². The molecule has 2 aromatic rings. The number of rotatable bonds is 4. The van der Waals surface area contributed by atoms with Crippen LogP contribution in [0, 0.1) is 0 Å². The molecule has 0 N–H and O–H groups in total. The summed E-state index contributed by atoms with van der Waals surface area (Å²) < 4.78 is 0. The summed E-state index contributed by atoms with van der Waals surface area (Å²) >= 11 is 13.0. The monoisotopic (exact) mass is 405 g/mol. The topological polar surface area (TPSA) is 37.4 Å². The number of hydrogen-bond donors (Lipinski definition) is 0. The Balaban J connectivity index is 1.79. The number of imide groups is 1. The second kappa shape index (κ2) is 7.87. The molecule has 0 aromatic heterocycles. The average molecular weight is 406 g/mol. The number of benzene rings is 2. The second-order valence-corrected chi connectivity index (χ2v) is 8.16. The van der Waals surface area contributed by atoms with E-state index in [4.69, 9.17) is 23.2 Å². The Bertz CT molecular complexity index is 891. The summed E-state index contributed by atoms with van der Waals surface area (Å²) in [7, 11) is 0. The molecule has 6 heteroatoms. The molecule has 134 valence electrons. The zero-order valence-electron chi connectivity index (χ0n) is 14.3. The molecule has 1 heterocycles. The summed E-state index contributed by atoms with van der Waals surface area (Å²) in [4.78, 5) is 26.5. The zero-order chi connectivity index (χ0) is 18.8. The summed E-state index contributed by atoms with van der Waals surface area (Å²) in [6.45, 7) is 4.38. The van der Waals surface area contributed by atoms with Crippen LogP contribution in [-0.2, 0) is 11.3 Å². The van der Waals surface area contributed by atoms with Crippen LogP contribution in [0.4, 0.5) is 4.79 Å². The molecule has 0 spiro atoms. The van der Waals surface area contributed by atoms with Crippen molar-refractivity contribution in [2.75, 3.05) is 0 Å². The van der Waals surface area contributed by atoms with Crippen molar-refractivity contribution < 1.29 is 9.59 Å². The Hall–Kier alpha value is -1.75. The van der Waals surface area contributed by atoms with Crippen molar-refractivity contribution >= 4 is 52.2 Å². The third-order valence-electron chi connectivity index (χ3n) is 4.12. The fourth-order valence-electron chi connectivity index (χ4n) is 2.59.